The van der Waals surface area contributed by atoms with Crippen LogP contribution in [0, 0.1) is 0 Å². The van der Waals surface area contributed by atoms with Gasteiger partial charge in [0.15, 0.2) is 6.10 Å². The van der Waals surface area contributed by atoms with Crippen LogP contribution in [0.1, 0.15) is 239 Å². The summed E-state index contributed by atoms with van der Waals surface area (Å²) < 4.78 is 16.7. The fourth-order valence-electron chi connectivity index (χ4n) is 7.37. The first-order chi connectivity index (χ1) is 34.0. The largest absolute Gasteiger partial charge is 0.462 e. The van der Waals surface area contributed by atoms with Crippen molar-refractivity contribution in [1.29, 1.82) is 0 Å². The van der Waals surface area contributed by atoms with E-state index in [0.717, 1.165) is 116 Å². The third-order valence-corrected chi connectivity index (χ3v) is 11.5. The summed E-state index contributed by atoms with van der Waals surface area (Å²) in [7, 11) is 0. The number of hydrogen-bond acceptors (Lipinski definition) is 6. The predicted octanol–water partition coefficient (Wildman–Crippen LogP) is 18.9. The van der Waals surface area contributed by atoms with Crippen molar-refractivity contribution in [3.05, 3.63) is 122 Å². The number of carbonyl (C=O) groups is 3. The zero-order valence-corrected chi connectivity index (χ0v) is 44.5. The van der Waals surface area contributed by atoms with Crippen LogP contribution < -0.4 is 0 Å². The van der Waals surface area contributed by atoms with E-state index in [1.807, 2.05) is 6.08 Å². The highest BCUT2D eigenvalue weighted by atomic mass is 16.6. The molecule has 0 aromatic rings. The third-order valence-electron chi connectivity index (χ3n) is 11.5. The normalized spacial score (nSPS) is 13.0. The van der Waals surface area contributed by atoms with Gasteiger partial charge in [0, 0.05) is 12.8 Å². The molecule has 0 aliphatic heterocycles. The van der Waals surface area contributed by atoms with Crippen molar-refractivity contribution in [2.24, 2.45) is 0 Å². The van der Waals surface area contributed by atoms with E-state index in [4.69, 9.17) is 14.2 Å². The molecule has 0 fully saturated rings. The highest BCUT2D eigenvalue weighted by molar-refractivity contribution is 5.72. The molecule has 0 N–H and O–H groups in total. The Morgan fingerprint density at radius 1 is 0.319 bits per heavy atom. The number of rotatable bonds is 49. The first-order valence-electron chi connectivity index (χ1n) is 28.0. The maximum Gasteiger partial charge on any atom is 0.310 e. The van der Waals surface area contributed by atoms with Crippen molar-refractivity contribution in [3.8, 4) is 0 Å². The van der Waals surface area contributed by atoms with E-state index in [2.05, 4.69) is 130 Å². The van der Waals surface area contributed by atoms with E-state index in [0.29, 0.717) is 19.3 Å². The van der Waals surface area contributed by atoms with Gasteiger partial charge in [-0.3, -0.25) is 14.4 Å². The maximum absolute atomic E-state index is 12.8. The Bertz CT molecular complexity index is 1470. The van der Waals surface area contributed by atoms with E-state index in [1.165, 1.54) is 77.0 Å². The van der Waals surface area contributed by atoms with Crippen LogP contribution in [0.25, 0.3) is 0 Å². The monoisotopic (exact) mass is 955 g/mol. The van der Waals surface area contributed by atoms with Crippen molar-refractivity contribution < 1.29 is 28.6 Å². The Morgan fingerprint density at radius 2 is 0.609 bits per heavy atom. The average molecular weight is 956 g/mol. The zero-order valence-electron chi connectivity index (χ0n) is 44.5. The first kappa shape index (κ1) is 64.8. The smallest absolute Gasteiger partial charge is 0.310 e. The van der Waals surface area contributed by atoms with Gasteiger partial charge in [0.2, 0.25) is 0 Å². The number of ether oxygens (including phenoxy) is 3. The van der Waals surface area contributed by atoms with Crippen LogP contribution in [0.5, 0.6) is 0 Å². The lowest BCUT2D eigenvalue weighted by atomic mass is 10.0. The molecule has 0 spiro atoms. The van der Waals surface area contributed by atoms with Gasteiger partial charge in [0.1, 0.15) is 13.2 Å². The molecule has 0 aromatic carbocycles. The van der Waals surface area contributed by atoms with Gasteiger partial charge in [-0.25, -0.2) is 0 Å². The second-order valence-corrected chi connectivity index (χ2v) is 18.1. The van der Waals surface area contributed by atoms with Crippen molar-refractivity contribution in [2.75, 3.05) is 13.2 Å². The molecule has 0 aromatic heterocycles. The Morgan fingerprint density at radius 3 is 0.957 bits per heavy atom. The molecule has 1 unspecified atom stereocenters. The van der Waals surface area contributed by atoms with E-state index < -0.39 is 12.1 Å². The summed E-state index contributed by atoms with van der Waals surface area (Å²) in [6.07, 6.45) is 77.8. The standard InChI is InChI=1S/C63H102O6/c1-4-7-10-13-16-19-22-25-28-29-30-31-32-33-36-38-41-44-47-50-53-56-62(65)68-59-60(69-63(66)57-54-51-48-45-42-39-35-27-24-21-18-15-12-9-6-3)58-67-61(64)55-52-49-46-43-40-37-34-26-23-20-17-14-11-8-5-2/h7,9-10,12,16,18-19,21,25,27-28,30-31,33,35-36,42,45,51,54,60H,4-6,8,11,13-15,17,20,22-24,26,29,32,34,37-41,43-44,46-50,52-53,55-59H2,1-3H3/b10-7-,12-9-,19-16-,21-18-,28-25-,31-30-,35-27-,36-33-,45-42-,54-51-. The van der Waals surface area contributed by atoms with Crippen molar-refractivity contribution in [2.45, 2.75) is 245 Å². The van der Waals surface area contributed by atoms with Crippen LogP contribution in [-0.2, 0) is 28.6 Å². The summed E-state index contributed by atoms with van der Waals surface area (Å²) >= 11 is 0. The van der Waals surface area contributed by atoms with Gasteiger partial charge in [-0.05, 0) is 89.9 Å². The summed E-state index contributed by atoms with van der Waals surface area (Å²) in [4.78, 5) is 38.1. The lowest BCUT2D eigenvalue weighted by Gasteiger charge is -2.18. The van der Waals surface area contributed by atoms with Crippen LogP contribution in [0.4, 0.5) is 0 Å². The third kappa shape index (κ3) is 54.6. The molecule has 0 aliphatic rings. The van der Waals surface area contributed by atoms with Gasteiger partial charge in [-0.2, -0.15) is 0 Å². The van der Waals surface area contributed by atoms with Crippen molar-refractivity contribution in [3.63, 3.8) is 0 Å². The lowest BCUT2D eigenvalue weighted by molar-refractivity contribution is -0.166. The Labute approximate surface area is 424 Å². The molecule has 0 rings (SSSR count). The van der Waals surface area contributed by atoms with Crippen LogP contribution in [-0.4, -0.2) is 37.2 Å². The van der Waals surface area contributed by atoms with Gasteiger partial charge < -0.3 is 14.2 Å². The molecule has 0 saturated carbocycles. The number of carbonyl (C=O) groups excluding carboxylic acids is 3. The quantitative estimate of drug-likeness (QED) is 0.0262. The molecule has 6 heteroatoms. The number of unbranched alkanes of at least 4 members (excludes halogenated alkanes) is 19. The second-order valence-electron chi connectivity index (χ2n) is 18.1. The number of esters is 3. The summed E-state index contributed by atoms with van der Waals surface area (Å²) in [5, 5.41) is 0. The second kappa shape index (κ2) is 56.4. The van der Waals surface area contributed by atoms with Crippen molar-refractivity contribution >= 4 is 17.9 Å². The molecule has 6 nitrogen and oxygen atoms in total. The van der Waals surface area contributed by atoms with Gasteiger partial charge >= 0.3 is 17.9 Å². The Kier molecular flexibility index (Phi) is 53.0. The number of hydrogen-bond donors (Lipinski definition) is 0. The van der Waals surface area contributed by atoms with Crippen molar-refractivity contribution in [1.82, 2.24) is 0 Å². The van der Waals surface area contributed by atoms with Gasteiger partial charge in [0.25, 0.3) is 0 Å². The highest BCUT2D eigenvalue weighted by Crippen LogP contribution is 2.15. The molecule has 69 heavy (non-hydrogen) atoms. The molecule has 0 bridgehead atoms. The van der Waals surface area contributed by atoms with E-state index >= 15 is 0 Å². The zero-order chi connectivity index (χ0) is 50.0. The van der Waals surface area contributed by atoms with Gasteiger partial charge in [0.05, 0.1) is 6.42 Å². The fraction of sp³-hybridized carbons (Fsp3) is 0.635. The van der Waals surface area contributed by atoms with E-state index in [9.17, 15) is 14.4 Å². The summed E-state index contributed by atoms with van der Waals surface area (Å²) in [5.74, 6) is -1.08. The molecule has 0 saturated heterocycles. The lowest BCUT2D eigenvalue weighted by Crippen LogP contribution is -2.30. The average Bonchev–Trinajstić information content (AvgIpc) is 3.35. The Balaban J connectivity index is 4.52. The molecule has 0 amide bonds. The number of allylic oxidation sites excluding steroid dienone is 19. The summed E-state index contributed by atoms with van der Waals surface area (Å²) in [6, 6.07) is 0. The SMILES string of the molecule is CC/C=C\C/C=C\C/C=C\C/C=C\C/C=C\CCCCCCCC(=O)OCC(COC(=O)CCCCCCCCCCCCCCCCC)OC(=O)C/C=C\C/C=C\C/C=C\C/C=C\C/C=C\CC. The first-order valence-corrected chi connectivity index (χ1v) is 28.0. The van der Waals surface area contributed by atoms with Crippen LogP contribution in [0.2, 0.25) is 0 Å². The fourth-order valence-corrected chi connectivity index (χ4v) is 7.37. The molecular weight excluding hydrogens is 853 g/mol. The van der Waals surface area contributed by atoms with Crippen LogP contribution in [0.3, 0.4) is 0 Å². The topological polar surface area (TPSA) is 78.9 Å². The summed E-state index contributed by atoms with van der Waals surface area (Å²) in [5.41, 5.74) is 0. The highest BCUT2D eigenvalue weighted by Gasteiger charge is 2.19. The predicted molar refractivity (Wildman–Crippen MR) is 297 cm³/mol. The molecule has 390 valence electrons. The molecule has 0 radical (unpaired) electrons. The molecule has 0 aliphatic carbocycles. The minimum Gasteiger partial charge on any atom is -0.462 e. The minimum atomic E-state index is -0.842. The van der Waals surface area contributed by atoms with E-state index in [1.54, 1.807) is 6.08 Å². The van der Waals surface area contributed by atoms with E-state index in [-0.39, 0.29) is 31.6 Å². The maximum atomic E-state index is 12.8. The van der Waals surface area contributed by atoms with Gasteiger partial charge in [-0.15, -0.1) is 0 Å². The molecular formula is C63H102O6. The summed E-state index contributed by atoms with van der Waals surface area (Å²) in [6.45, 7) is 6.31. The van der Waals surface area contributed by atoms with Gasteiger partial charge in [-0.1, -0.05) is 251 Å². The minimum absolute atomic E-state index is 0.0894. The Hall–Kier alpha value is -4.19. The van der Waals surface area contributed by atoms with Crippen LogP contribution >= 0.6 is 0 Å². The van der Waals surface area contributed by atoms with Crippen LogP contribution in [0.15, 0.2) is 122 Å². The molecule has 0 heterocycles. The molecule has 1 atom stereocenters.